The highest BCUT2D eigenvalue weighted by atomic mass is 35.5. The third kappa shape index (κ3) is 3.55. The van der Waals surface area contributed by atoms with E-state index in [0.29, 0.717) is 10.7 Å². The van der Waals surface area contributed by atoms with E-state index >= 15 is 0 Å². The summed E-state index contributed by atoms with van der Waals surface area (Å²) in [6, 6.07) is 11.1. The van der Waals surface area contributed by atoms with Gasteiger partial charge in [-0.25, -0.2) is 4.98 Å². The molecule has 1 aromatic heterocycles. The van der Waals surface area contributed by atoms with Crippen LogP contribution < -0.4 is 5.32 Å². The number of halogens is 1. The monoisotopic (exact) mass is 274 g/mol. The van der Waals surface area contributed by atoms with Gasteiger partial charge in [0.05, 0.1) is 5.56 Å². The van der Waals surface area contributed by atoms with Gasteiger partial charge in [-0.3, -0.25) is 4.79 Å². The van der Waals surface area contributed by atoms with Gasteiger partial charge in [0.1, 0.15) is 5.15 Å². The van der Waals surface area contributed by atoms with Crippen LogP contribution in [0.5, 0.6) is 0 Å². The SMILES string of the molecule is CCCc1ccccc1NC(=O)c1ccc(Cl)nc1. The number of rotatable bonds is 4. The van der Waals surface area contributed by atoms with Gasteiger partial charge in [-0.1, -0.05) is 43.1 Å². The highest BCUT2D eigenvalue weighted by Gasteiger charge is 2.08. The Bertz CT molecular complexity index is 567. The van der Waals surface area contributed by atoms with Crippen molar-refractivity contribution in [1.82, 2.24) is 4.98 Å². The first kappa shape index (κ1) is 13.6. The Kier molecular flexibility index (Phi) is 4.53. The molecule has 0 saturated carbocycles. The van der Waals surface area contributed by atoms with Crippen LogP contribution in [-0.4, -0.2) is 10.9 Å². The smallest absolute Gasteiger partial charge is 0.257 e. The third-order valence-electron chi connectivity index (χ3n) is 2.77. The molecule has 0 aliphatic rings. The van der Waals surface area contributed by atoms with Crippen molar-refractivity contribution in [2.75, 3.05) is 5.32 Å². The number of benzene rings is 1. The number of para-hydroxylation sites is 1. The second-order valence-corrected chi connectivity index (χ2v) is 4.62. The first-order valence-corrected chi connectivity index (χ1v) is 6.59. The van der Waals surface area contributed by atoms with E-state index in [1.807, 2.05) is 24.3 Å². The van der Waals surface area contributed by atoms with E-state index in [0.717, 1.165) is 24.1 Å². The van der Waals surface area contributed by atoms with Crippen molar-refractivity contribution in [2.24, 2.45) is 0 Å². The topological polar surface area (TPSA) is 42.0 Å². The number of aryl methyl sites for hydroxylation is 1. The molecule has 0 bridgehead atoms. The quantitative estimate of drug-likeness (QED) is 0.858. The third-order valence-corrected chi connectivity index (χ3v) is 3.00. The molecule has 0 fully saturated rings. The molecule has 0 atom stereocenters. The molecule has 2 rings (SSSR count). The van der Waals surface area contributed by atoms with E-state index in [1.165, 1.54) is 6.20 Å². The van der Waals surface area contributed by atoms with Crippen molar-refractivity contribution in [3.05, 3.63) is 58.9 Å². The van der Waals surface area contributed by atoms with Crippen molar-refractivity contribution in [2.45, 2.75) is 19.8 Å². The molecular formula is C15H15ClN2O. The van der Waals surface area contributed by atoms with Gasteiger partial charge in [0.2, 0.25) is 0 Å². The fourth-order valence-corrected chi connectivity index (χ4v) is 1.95. The minimum atomic E-state index is -0.173. The number of anilines is 1. The number of carbonyl (C=O) groups is 1. The van der Waals surface area contributed by atoms with E-state index in [-0.39, 0.29) is 5.91 Å². The molecule has 1 N–H and O–H groups in total. The van der Waals surface area contributed by atoms with Gasteiger partial charge in [0.25, 0.3) is 5.91 Å². The predicted octanol–water partition coefficient (Wildman–Crippen LogP) is 3.94. The minimum absolute atomic E-state index is 0.173. The van der Waals surface area contributed by atoms with Crippen molar-refractivity contribution in [3.63, 3.8) is 0 Å². The van der Waals surface area contributed by atoms with E-state index in [2.05, 4.69) is 17.2 Å². The lowest BCUT2D eigenvalue weighted by molar-refractivity contribution is 0.102. The number of hydrogen-bond acceptors (Lipinski definition) is 2. The molecule has 4 heteroatoms. The van der Waals surface area contributed by atoms with Crippen LogP contribution in [-0.2, 0) is 6.42 Å². The number of nitrogens with one attached hydrogen (secondary N) is 1. The standard InChI is InChI=1S/C15H15ClN2O/c1-2-5-11-6-3-4-7-13(11)18-15(19)12-8-9-14(16)17-10-12/h3-4,6-10H,2,5H2,1H3,(H,18,19). The Morgan fingerprint density at radius 2 is 2.05 bits per heavy atom. The molecule has 3 nitrogen and oxygen atoms in total. The van der Waals surface area contributed by atoms with Crippen molar-refractivity contribution >= 4 is 23.2 Å². The van der Waals surface area contributed by atoms with Crippen LogP contribution in [0, 0.1) is 0 Å². The van der Waals surface area contributed by atoms with Crippen molar-refractivity contribution in [1.29, 1.82) is 0 Å². The van der Waals surface area contributed by atoms with Crippen LogP contribution in [0.2, 0.25) is 5.15 Å². The second-order valence-electron chi connectivity index (χ2n) is 4.23. The summed E-state index contributed by atoms with van der Waals surface area (Å²) in [6.07, 6.45) is 3.45. The molecule has 0 spiro atoms. The Morgan fingerprint density at radius 1 is 1.26 bits per heavy atom. The molecule has 1 heterocycles. The molecule has 0 aliphatic heterocycles. The fraction of sp³-hybridized carbons (Fsp3) is 0.200. The fourth-order valence-electron chi connectivity index (χ4n) is 1.83. The lowest BCUT2D eigenvalue weighted by atomic mass is 10.1. The summed E-state index contributed by atoms with van der Waals surface area (Å²) in [6.45, 7) is 2.11. The summed E-state index contributed by atoms with van der Waals surface area (Å²) in [4.78, 5) is 16.0. The predicted molar refractivity (Wildman–Crippen MR) is 77.6 cm³/mol. The zero-order valence-electron chi connectivity index (χ0n) is 10.7. The van der Waals surface area contributed by atoms with Crippen LogP contribution in [0.4, 0.5) is 5.69 Å². The van der Waals surface area contributed by atoms with Gasteiger partial charge in [0, 0.05) is 11.9 Å². The Hall–Kier alpha value is -1.87. The van der Waals surface area contributed by atoms with Gasteiger partial charge < -0.3 is 5.32 Å². The number of pyridine rings is 1. The summed E-state index contributed by atoms with van der Waals surface area (Å²) in [5.74, 6) is -0.173. The van der Waals surface area contributed by atoms with Gasteiger partial charge >= 0.3 is 0 Å². The highest BCUT2D eigenvalue weighted by molar-refractivity contribution is 6.29. The molecule has 1 amide bonds. The highest BCUT2D eigenvalue weighted by Crippen LogP contribution is 2.18. The van der Waals surface area contributed by atoms with Crippen molar-refractivity contribution in [3.8, 4) is 0 Å². The molecular weight excluding hydrogens is 260 g/mol. The lowest BCUT2D eigenvalue weighted by Gasteiger charge is -2.10. The Labute approximate surface area is 117 Å². The zero-order chi connectivity index (χ0) is 13.7. The lowest BCUT2D eigenvalue weighted by Crippen LogP contribution is -2.13. The number of hydrogen-bond donors (Lipinski definition) is 1. The van der Waals surface area contributed by atoms with Gasteiger partial charge in [-0.15, -0.1) is 0 Å². The summed E-state index contributed by atoms with van der Waals surface area (Å²) in [5.41, 5.74) is 2.49. The summed E-state index contributed by atoms with van der Waals surface area (Å²) < 4.78 is 0. The number of aromatic nitrogens is 1. The average molecular weight is 275 g/mol. The number of nitrogens with zero attached hydrogens (tertiary/aromatic N) is 1. The molecule has 19 heavy (non-hydrogen) atoms. The van der Waals surface area contributed by atoms with Crippen LogP contribution in [0.1, 0.15) is 29.3 Å². The van der Waals surface area contributed by atoms with Crippen LogP contribution in [0.15, 0.2) is 42.6 Å². The summed E-state index contributed by atoms with van der Waals surface area (Å²) in [5, 5.41) is 3.29. The van der Waals surface area contributed by atoms with E-state index in [4.69, 9.17) is 11.6 Å². The van der Waals surface area contributed by atoms with Crippen LogP contribution in [0.3, 0.4) is 0 Å². The first-order chi connectivity index (χ1) is 9.20. The number of carbonyl (C=O) groups excluding carboxylic acids is 1. The average Bonchev–Trinajstić information content (AvgIpc) is 2.42. The van der Waals surface area contributed by atoms with Crippen LogP contribution >= 0.6 is 11.6 Å². The maximum absolute atomic E-state index is 12.1. The van der Waals surface area contributed by atoms with E-state index < -0.39 is 0 Å². The molecule has 1 aromatic carbocycles. The van der Waals surface area contributed by atoms with Crippen LogP contribution in [0.25, 0.3) is 0 Å². The molecule has 0 unspecified atom stereocenters. The summed E-state index contributed by atoms with van der Waals surface area (Å²) in [7, 11) is 0. The second kappa shape index (κ2) is 6.34. The van der Waals surface area contributed by atoms with E-state index in [1.54, 1.807) is 12.1 Å². The largest absolute Gasteiger partial charge is 0.322 e. The normalized spacial score (nSPS) is 10.2. The van der Waals surface area contributed by atoms with E-state index in [9.17, 15) is 4.79 Å². The first-order valence-electron chi connectivity index (χ1n) is 6.21. The van der Waals surface area contributed by atoms with Gasteiger partial charge in [-0.2, -0.15) is 0 Å². The molecule has 98 valence electrons. The molecule has 0 aliphatic carbocycles. The number of amides is 1. The Balaban J connectivity index is 2.16. The maximum Gasteiger partial charge on any atom is 0.257 e. The maximum atomic E-state index is 12.1. The minimum Gasteiger partial charge on any atom is -0.322 e. The Morgan fingerprint density at radius 3 is 2.74 bits per heavy atom. The summed E-state index contributed by atoms with van der Waals surface area (Å²) >= 11 is 5.70. The van der Waals surface area contributed by atoms with Gasteiger partial charge in [0.15, 0.2) is 0 Å². The molecule has 0 radical (unpaired) electrons. The molecule has 0 saturated heterocycles. The zero-order valence-corrected chi connectivity index (χ0v) is 11.4. The van der Waals surface area contributed by atoms with Gasteiger partial charge in [-0.05, 0) is 30.2 Å². The molecule has 2 aromatic rings. The van der Waals surface area contributed by atoms with Crippen molar-refractivity contribution < 1.29 is 4.79 Å².